The smallest absolute Gasteiger partial charge is 0.161 e. The van der Waals surface area contributed by atoms with Gasteiger partial charge in [0.15, 0.2) is 5.17 Å². The van der Waals surface area contributed by atoms with Crippen molar-refractivity contribution >= 4 is 54.5 Å². The first-order chi connectivity index (χ1) is 7.66. The van der Waals surface area contributed by atoms with Gasteiger partial charge in [-0.1, -0.05) is 24.8 Å². The second-order valence-electron chi connectivity index (χ2n) is 3.78. The Morgan fingerprint density at radius 2 is 2.06 bits per heavy atom. The highest BCUT2D eigenvalue weighted by atomic mass is 79.9. The van der Waals surface area contributed by atoms with E-state index in [9.17, 15) is 0 Å². The van der Waals surface area contributed by atoms with E-state index in [1.165, 1.54) is 0 Å². The summed E-state index contributed by atoms with van der Waals surface area (Å²) in [6.45, 7) is 3.14. The maximum absolute atomic E-state index is 4.51. The zero-order chi connectivity index (χ0) is 11.5. The highest BCUT2D eigenvalue weighted by molar-refractivity contribution is 9.11. The molecule has 1 aromatic rings. The fourth-order valence-corrected chi connectivity index (χ4v) is 3.44. The number of hydrogen-bond donors (Lipinski definition) is 1. The van der Waals surface area contributed by atoms with Gasteiger partial charge in [0.2, 0.25) is 0 Å². The Morgan fingerprint density at radius 1 is 1.38 bits per heavy atom. The van der Waals surface area contributed by atoms with Crippen LogP contribution in [0, 0.1) is 5.92 Å². The monoisotopic (exact) mass is 362 g/mol. The predicted octanol–water partition coefficient (Wildman–Crippen LogP) is 4.36. The van der Waals surface area contributed by atoms with Crippen molar-refractivity contribution in [3.63, 3.8) is 0 Å². The molecule has 1 aliphatic heterocycles. The molecule has 0 bridgehead atoms. The Kier molecular flexibility index (Phi) is 4.33. The largest absolute Gasteiger partial charge is 0.333 e. The first-order valence-electron chi connectivity index (χ1n) is 5.05. The maximum atomic E-state index is 4.51. The molecule has 16 heavy (non-hydrogen) atoms. The number of halogens is 2. The molecule has 0 radical (unpaired) electrons. The third kappa shape index (κ3) is 3.02. The second kappa shape index (κ2) is 5.56. The number of aliphatic imine (C=N–C) groups is 1. The van der Waals surface area contributed by atoms with Crippen LogP contribution in [0.3, 0.4) is 0 Å². The minimum absolute atomic E-state index is 0.679. The van der Waals surface area contributed by atoms with Crippen molar-refractivity contribution in [3.8, 4) is 0 Å². The molecule has 1 aliphatic rings. The molecule has 2 rings (SSSR count). The van der Waals surface area contributed by atoms with Crippen molar-refractivity contribution in [2.45, 2.75) is 6.92 Å². The van der Waals surface area contributed by atoms with Crippen molar-refractivity contribution < 1.29 is 0 Å². The molecule has 0 aliphatic carbocycles. The standard InChI is InChI=1S/C11H12Br2N2S/c1-7-5-14-11(16-6-7)15-10-8(12)3-2-4-9(10)13/h2-4,7H,5-6H2,1H3,(H,14,15). The summed E-state index contributed by atoms with van der Waals surface area (Å²) in [6.07, 6.45) is 0. The Hall–Kier alpha value is -0.000000000000000111. The zero-order valence-electron chi connectivity index (χ0n) is 8.84. The molecule has 0 amide bonds. The Balaban J connectivity index is 2.15. The number of anilines is 1. The fraction of sp³-hybridized carbons (Fsp3) is 0.364. The predicted molar refractivity (Wildman–Crippen MR) is 79.4 cm³/mol. The van der Waals surface area contributed by atoms with Crippen LogP contribution in [0.1, 0.15) is 6.92 Å². The number of nitrogens with zero attached hydrogens (tertiary/aromatic N) is 1. The lowest BCUT2D eigenvalue weighted by Gasteiger charge is -2.19. The molecule has 5 heteroatoms. The summed E-state index contributed by atoms with van der Waals surface area (Å²) in [6, 6.07) is 6.03. The molecule has 1 unspecified atom stereocenters. The van der Waals surface area contributed by atoms with Gasteiger partial charge in [-0.2, -0.15) is 0 Å². The van der Waals surface area contributed by atoms with Gasteiger partial charge in [-0.3, -0.25) is 4.99 Å². The molecule has 1 N–H and O–H groups in total. The van der Waals surface area contributed by atoms with Gasteiger partial charge in [0.25, 0.3) is 0 Å². The molecule has 1 aromatic carbocycles. The van der Waals surface area contributed by atoms with Crippen LogP contribution >= 0.6 is 43.6 Å². The molecule has 0 fully saturated rings. The van der Waals surface area contributed by atoms with Crippen molar-refractivity contribution in [1.82, 2.24) is 0 Å². The van der Waals surface area contributed by atoms with Crippen molar-refractivity contribution in [3.05, 3.63) is 27.1 Å². The number of nitrogens with one attached hydrogen (secondary N) is 1. The van der Waals surface area contributed by atoms with Gasteiger partial charge < -0.3 is 5.32 Å². The van der Waals surface area contributed by atoms with Crippen LogP contribution in [-0.2, 0) is 0 Å². The molecule has 0 saturated carbocycles. The van der Waals surface area contributed by atoms with E-state index in [1.54, 1.807) is 11.8 Å². The number of amidine groups is 1. The van der Waals surface area contributed by atoms with Crippen LogP contribution in [0.4, 0.5) is 5.69 Å². The highest BCUT2D eigenvalue weighted by Gasteiger charge is 2.14. The van der Waals surface area contributed by atoms with Gasteiger partial charge in [0.05, 0.1) is 5.69 Å². The topological polar surface area (TPSA) is 24.4 Å². The SMILES string of the molecule is CC1CN=C(Nc2c(Br)cccc2Br)SC1. The molecule has 0 saturated heterocycles. The first kappa shape index (κ1) is 12.5. The summed E-state index contributed by atoms with van der Waals surface area (Å²) in [4.78, 5) is 4.51. The number of rotatable bonds is 1. The van der Waals surface area contributed by atoms with Crippen molar-refractivity contribution in [2.24, 2.45) is 10.9 Å². The fourth-order valence-electron chi connectivity index (χ4n) is 1.36. The van der Waals surface area contributed by atoms with E-state index in [0.717, 1.165) is 32.1 Å². The summed E-state index contributed by atoms with van der Waals surface area (Å²) in [5.41, 5.74) is 1.04. The van der Waals surface area contributed by atoms with Crippen LogP contribution in [0.5, 0.6) is 0 Å². The van der Waals surface area contributed by atoms with Gasteiger partial charge in [0.1, 0.15) is 0 Å². The van der Waals surface area contributed by atoms with Crippen LogP contribution in [0.25, 0.3) is 0 Å². The van der Waals surface area contributed by atoms with Crippen LogP contribution in [0.15, 0.2) is 32.1 Å². The van der Waals surface area contributed by atoms with E-state index >= 15 is 0 Å². The summed E-state index contributed by atoms with van der Waals surface area (Å²) in [7, 11) is 0. The van der Waals surface area contributed by atoms with Gasteiger partial charge in [-0.25, -0.2) is 0 Å². The Labute approximate surface area is 117 Å². The van der Waals surface area contributed by atoms with E-state index < -0.39 is 0 Å². The minimum atomic E-state index is 0.679. The van der Waals surface area contributed by atoms with Crippen LogP contribution < -0.4 is 5.32 Å². The molecule has 1 heterocycles. The average molecular weight is 364 g/mol. The normalized spacial score (nSPS) is 20.4. The highest BCUT2D eigenvalue weighted by Crippen LogP contribution is 2.32. The van der Waals surface area contributed by atoms with E-state index in [0.29, 0.717) is 5.92 Å². The number of hydrogen-bond acceptors (Lipinski definition) is 3. The molecule has 0 spiro atoms. The van der Waals surface area contributed by atoms with E-state index in [1.807, 2.05) is 18.2 Å². The van der Waals surface area contributed by atoms with E-state index in [-0.39, 0.29) is 0 Å². The Bertz CT molecular complexity index is 400. The zero-order valence-corrected chi connectivity index (χ0v) is 12.8. The lowest BCUT2D eigenvalue weighted by atomic mass is 10.2. The van der Waals surface area contributed by atoms with E-state index in [4.69, 9.17) is 0 Å². The average Bonchev–Trinajstić information content (AvgIpc) is 2.26. The molecule has 0 aromatic heterocycles. The summed E-state index contributed by atoms with van der Waals surface area (Å²) in [5, 5.41) is 4.36. The van der Waals surface area contributed by atoms with Crippen LogP contribution in [0.2, 0.25) is 0 Å². The first-order valence-corrected chi connectivity index (χ1v) is 7.62. The molecule has 2 nitrogen and oxygen atoms in total. The summed E-state index contributed by atoms with van der Waals surface area (Å²) in [5.74, 6) is 1.81. The third-order valence-electron chi connectivity index (χ3n) is 2.25. The number of benzene rings is 1. The lowest BCUT2D eigenvalue weighted by molar-refractivity contribution is 0.674. The minimum Gasteiger partial charge on any atom is -0.333 e. The summed E-state index contributed by atoms with van der Waals surface area (Å²) < 4.78 is 2.09. The lowest BCUT2D eigenvalue weighted by Crippen LogP contribution is -2.19. The van der Waals surface area contributed by atoms with E-state index in [2.05, 4.69) is 49.1 Å². The molecule has 86 valence electrons. The van der Waals surface area contributed by atoms with Gasteiger partial charge >= 0.3 is 0 Å². The molecular formula is C11H12Br2N2S. The van der Waals surface area contributed by atoms with Gasteiger partial charge in [-0.15, -0.1) is 0 Å². The summed E-state index contributed by atoms with van der Waals surface area (Å²) >= 11 is 8.84. The Morgan fingerprint density at radius 3 is 2.62 bits per heavy atom. The third-order valence-corrected chi connectivity index (χ3v) is 4.81. The van der Waals surface area contributed by atoms with Crippen molar-refractivity contribution in [2.75, 3.05) is 17.6 Å². The second-order valence-corrected chi connectivity index (χ2v) is 6.50. The molecule has 1 atom stereocenters. The van der Waals surface area contributed by atoms with Crippen LogP contribution in [-0.4, -0.2) is 17.5 Å². The van der Waals surface area contributed by atoms with Gasteiger partial charge in [-0.05, 0) is 49.9 Å². The number of thioether (sulfide) groups is 1. The maximum Gasteiger partial charge on any atom is 0.161 e. The number of para-hydroxylation sites is 1. The molecular weight excluding hydrogens is 352 g/mol. The quantitative estimate of drug-likeness (QED) is 0.801. The van der Waals surface area contributed by atoms with Gasteiger partial charge in [0, 0.05) is 21.2 Å². The van der Waals surface area contributed by atoms with Crippen molar-refractivity contribution in [1.29, 1.82) is 0 Å².